The molecular weight excluding hydrogens is 348 g/mol. The van der Waals surface area contributed by atoms with Crippen LogP contribution in [0.5, 0.6) is 5.75 Å². The van der Waals surface area contributed by atoms with E-state index >= 15 is 0 Å². The normalized spacial score (nSPS) is 12.9. The molecule has 0 aliphatic carbocycles. The van der Waals surface area contributed by atoms with Gasteiger partial charge in [0.1, 0.15) is 12.4 Å². The van der Waals surface area contributed by atoms with E-state index < -0.39 is 10.0 Å². The number of aromatic nitrogens is 1. The first kappa shape index (κ1) is 18.4. The van der Waals surface area contributed by atoms with E-state index in [0.717, 1.165) is 21.9 Å². The number of rotatable bonds is 6. The molecule has 6 heteroatoms. The third kappa shape index (κ3) is 4.03. The standard InChI is InChI=1S/C20H22N2O3S/c1-14-7-8-15(2)20(11-14)26(23,24)22-16(3)13-25-19-6-4-5-17-12-21-10-9-18(17)19/h4-12,16,22H,13H2,1-3H3/t16-/m0/s1. The number of benzene rings is 2. The van der Waals surface area contributed by atoms with Crippen LogP contribution in [0, 0.1) is 13.8 Å². The Morgan fingerprint density at radius 2 is 1.96 bits per heavy atom. The maximum atomic E-state index is 12.7. The van der Waals surface area contributed by atoms with Crippen molar-refractivity contribution in [2.24, 2.45) is 0 Å². The number of hydrogen-bond donors (Lipinski definition) is 1. The summed E-state index contributed by atoms with van der Waals surface area (Å²) in [7, 11) is -3.60. The zero-order valence-corrected chi connectivity index (χ0v) is 15.9. The maximum absolute atomic E-state index is 12.7. The van der Waals surface area contributed by atoms with Crippen LogP contribution in [0.1, 0.15) is 18.1 Å². The summed E-state index contributed by atoms with van der Waals surface area (Å²) in [5, 5.41) is 1.93. The Morgan fingerprint density at radius 3 is 2.77 bits per heavy atom. The molecule has 26 heavy (non-hydrogen) atoms. The summed E-state index contributed by atoms with van der Waals surface area (Å²) in [6.45, 7) is 5.68. The molecule has 3 aromatic rings. The molecule has 0 saturated heterocycles. The van der Waals surface area contributed by atoms with Crippen molar-refractivity contribution in [2.75, 3.05) is 6.61 Å². The molecule has 0 spiro atoms. The molecule has 0 aliphatic rings. The summed E-state index contributed by atoms with van der Waals surface area (Å²) >= 11 is 0. The number of sulfonamides is 1. The molecule has 1 aromatic heterocycles. The zero-order valence-electron chi connectivity index (χ0n) is 15.1. The average molecular weight is 370 g/mol. The van der Waals surface area contributed by atoms with E-state index in [1.807, 2.05) is 43.3 Å². The second-order valence-electron chi connectivity index (χ2n) is 6.46. The lowest BCUT2D eigenvalue weighted by Gasteiger charge is -2.17. The van der Waals surface area contributed by atoms with E-state index in [-0.39, 0.29) is 12.6 Å². The summed E-state index contributed by atoms with van der Waals surface area (Å²) in [6, 6.07) is 12.6. The van der Waals surface area contributed by atoms with Crippen LogP contribution < -0.4 is 9.46 Å². The van der Waals surface area contributed by atoms with Gasteiger partial charge < -0.3 is 4.74 Å². The van der Waals surface area contributed by atoms with Crippen LogP contribution in [-0.2, 0) is 10.0 Å². The van der Waals surface area contributed by atoms with E-state index in [1.54, 1.807) is 32.3 Å². The van der Waals surface area contributed by atoms with Crippen molar-refractivity contribution in [1.29, 1.82) is 0 Å². The molecule has 5 nitrogen and oxygen atoms in total. The minimum atomic E-state index is -3.60. The van der Waals surface area contributed by atoms with Gasteiger partial charge in [0, 0.05) is 23.2 Å². The number of hydrogen-bond acceptors (Lipinski definition) is 4. The van der Waals surface area contributed by atoms with Crippen molar-refractivity contribution in [3.05, 3.63) is 66.0 Å². The Hall–Kier alpha value is -2.44. The molecule has 0 amide bonds. The van der Waals surface area contributed by atoms with Gasteiger partial charge in [-0.3, -0.25) is 4.98 Å². The number of ether oxygens (including phenoxy) is 1. The molecule has 0 aliphatic heterocycles. The number of fused-ring (bicyclic) bond motifs is 1. The molecule has 2 aromatic carbocycles. The molecule has 0 unspecified atom stereocenters. The Balaban J connectivity index is 1.72. The Bertz CT molecular complexity index is 1030. The summed E-state index contributed by atoms with van der Waals surface area (Å²) in [6.07, 6.45) is 3.48. The van der Waals surface area contributed by atoms with Gasteiger partial charge >= 0.3 is 0 Å². The molecule has 0 radical (unpaired) electrons. The van der Waals surface area contributed by atoms with Crippen molar-refractivity contribution in [1.82, 2.24) is 9.71 Å². The zero-order chi connectivity index (χ0) is 18.7. The van der Waals surface area contributed by atoms with Gasteiger partial charge in [0.05, 0.1) is 10.9 Å². The molecular formula is C20H22N2O3S. The molecule has 0 fully saturated rings. The first-order valence-corrected chi connectivity index (χ1v) is 9.90. The van der Waals surface area contributed by atoms with Crippen molar-refractivity contribution in [3.63, 3.8) is 0 Å². The molecule has 0 saturated carbocycles. The third-order valence-corrected chi connectivity index (χ3v) is 5.85. The molecule has 1 heterocycles. The number of aryl methyl sites for hydroxylation is 2. The van der Waals surface area contributed by atoms with E-state index in [9.17, 15) is 8.42 Å². The summed E-state index contributed by atoms with van der Waals surface area (Å²) < 4.78 is 33.9. The van der Waals surface area contributed by atoms with Crippen LogP contribution in [0.2, 0.25) is 0 Å². The van der Waals surface area contributed by atoms with Crippen molar-refractivity contribution in [3.8, 4) is 5.75 Å². The highest BCUT2D eigenvalue weighted by atomic mass is 32.2. The Kier molecular flexibility index (Phi) is 5.25. The lowest BCUT2D eigenvalue weighted by Crippen LogP contribution is -2.37. The van der Waals surface area contributed by atoms with Gasteiger partial charge in [0.15, 0.2) is 0 Å². The van der Waals surface area contributed by atoms with Crippen LogP contribution in [0.25, 0.3) is 10.8 Å². The SMILES string of the molecule is Cc1ccc(C)c(S(=O)(=O)N[C@@H](C)COc2cccc3cnccc23)c1. The van der Waals surface area contributed by atoms with Crippen molar-refractivity contribution in [2.45, 2.75) is 31.7 Å². The molecule has 1 N–H and O–H groups in total. The smallest absolute Gasteiger partial charge is 0.241 e. The fourth-order valence-electron chi connectivity index (χ4n) is 2.79. The minimum absolute atomic E-state index is 0.228. The third-order valence-electron chi connectivity index (χ3n) is 4.12. The van der Waals surface area contributed by atoms with Crippen molar-refractivity contribution < 1.29 is 13.2 Å². The van der Waals surface area contributed by atoms with Gasteiger partial charge in [-0.1, -0.05) is 24.3 Å². The first-order chi connectivity index (χ1) is 12.4. The Morgan fingerprint density at radius 1 is 1.15 bits per heavy atom. The summed E-state index contributed by atoms with van der Waals surface area (Å²) in [5.74, 6) is 0.711. The predicted molar refractivity (Wildman–Crippen MR) is 103 cm³/mol. The minimum Gasteiger partial charge on any atom is -0.491 e. The second-order valence-corrected chi connectivity index (χ2v) is 8.14. The van der Waals surface area contributed by atoms with Gasteiger partial charge in [-0.15, -0.1) is 0 Å². The summed E-state index contributed by atoms with van der Waals surface area (Å²) in [4.78, 5) is 4.41. The van der Waals surface area contributed by atoms with Crippen LogP contribution in [0.3, 0.4) is 0 Å². The van der Waals surface area contributed by atoms with Crippen LogP contribution in [-0.4, -0.2) is 26.1 Å². The summed E-state index contributed by atoms with van der Waals surface area (Å²) in [5.41, 5.74) is 1.63. The van der Waals surface area contributed by atoms with E-state index in [1.165, 1.54) is 0 Å². The predicted octanol–water partition coefficient (Wildman–Crippen LogP) is 3.60. The highest BCUT2D eigenvalue weighted by Gasteiger charge is 2.20. The molecule has 136 valence electrons. The molecule has 3 rings (SSSR count). The first-order valence-electron chi connectivity index (χ1n) is 8.42. The van der Waals surface area contributed by atoms with Gasteiger partial charge in [-0.25, -0.2) is 13.1 Å². The van der Waals surface area contributed by atoms with Crippen LogP contribution in [0.4, 0.5) is 0 Å². The second kappa shape index (κ2) is 7.43. The van der Waals surface area contributed by atoms with Crippen molar-refractivity contribution >= 4 is 20.8 Å². The molecule has 0 bridgehead atoms. The topological polar surface area (TPSA) is 68.3 Å². The highest BCUT2D eigenvalue weighted by molar-refractivity contribution is 7.89. The number of nitrogens with zero attached hydrogens (tertiary/aromatic N) is 1. The van der Waals surface area contributed by atoms with E-state index in [2.05, 4.69) is 9.71 Å². The van der Waals surface area contributed by atoms with Crippen LogP contribution >= 0.6 is 0 Å². The van der Waals surface area contributed by atoms with Crippen LogP contribution in [0.15, 0.2) is 59.8 Å². The highest BCUT2D eigenvalue weighted by Crippen LogP contribution is 2.24. The van der Waals surface area contributed by atoms with Gasteiger partial charge in [-0.2, -0.15) is 0 Å². The molecule has 1 atom stereocenters. The fourth-order valence-corrected chi connectivity index (χ4v) is 4.35. The lowest BCUT2D eigenvalue weighted by atomic mass is 10.1. The van der Waals surface area contributed by atoms with Gasteiger partial charge in [0.2, 0.25) is 10.0 Å². The lowest BCUT2D eigenvalue weighted by molar-refractivity contribution is 0.290. The fraction of sp³-hybridized carbons (Fsp3) is 0.250. The largest absolute Gasteiger partial charge is 0.491 e. The van der Waals surface area contributed by atoms with Gasteiger partial charge in [0.25, 0.3) is 0 Å². The van der Waals surface area contributed by atoms with Gasteiger partial charge in [-0.05, 0) is 50.1 Å². The average Bonchev–Trinajstić information content (AvgIpc) is 2.61. The maximum Gasteiger partial charge on any atom is 0.241 e. The quantitative estimate of drug-likeness (QED) is 0.720. The Labute approximate surface area is 154 Å². The van der Waals surface area contributed by atoms with E-state index in [0.29, 0.717) is 10.6 Å². The monoisotopic (exact) mass is 370 g/mol. The van der Waals surface area contributed by atoms with E-state index in [4.69, 9.17) is 4.74 Å². The number of pyridine rings is 1. The number of nitrogens with one attached hydrogen (secondary N) is 1.